The maximum atomic E-state index is 13.4. The molecule has 1 fully saturated rings. The van der Waals surface area contributed by atoms with E-state index in [1.165, 1.54) is 30.0 Å². The summed E-state index contributed by atoms with van der Waals surface area (Å²) in [4.78, 5) is 71.9. The number of hydrogen-bond donors (Lipinski definition) is 2. The zero-order valence-electron chi connectivity index (χ0n) is 22.9. The van der Waals surface area contributed by atoms with Crippen LogP contribution in [-0.2, 0) is 40.1 Å². The van der Waals surface area contributed by atoms with Gasteiger partial charge in [-0.05, 0) is 32.9 Å². The van der Waals surface area contributed by atoms with Crippen LogP contribution in [0.2, 0.25) is 0 Å². The molecule has 2 aliphatic rings. The van der Waals surface area contributed by atoms with Crippen molar-refractivity contribution in [1.82, 2.24) is 15.2 Å². The molecule has 15 heteroatoms. The molecule has 0 saturated carbocycles. The van der Waals surface area contributed by atoms with Gasteiger partial charge in [0.25, 0.3) is 11.8 Å². The topological polar surface area (TPSA) is 183 Å². The van der Waals surface area contributed by atoms with Gasteiger partial charge < -0.3 is 30.1 Å². The summed E-state index contributed by atoms with van der Waals surface area (Å²) < 4.78 is 6.95. The number of aliphatic carboxylic acids is 1. The van der Waals surface area contributed by atoms with Crippen LogP contribution < -0.4 is 20.3 Å². The van der Waals surface area contributed by atoms with E-state index in [4.69, 9.17) is 9.57 Å². The SMILES string of the molecule is CC(C)(C)OC(=O)CON=C(C(=O)NC1C(=O)N2C(C(=O)[O-])=C(C[n+]3ccccc3)CS[C@H]12)c1cccc(NC=O)n1. The number of amides is 3. The lowest BCUT2D eigenvalue weighted by Gasteiger charge is -2.50. The van der Waals surface area contributed by atoms with Crippen LogP contribution in [0.4, 0.5) is 5.82 Å². The van der Waals surface area contributed by atoms with Crippen LogP contribution in [0.3, 0.4) is 0 Å². The van der Waals surface area contributed by atoms with Gasteiger partial charge in [0.15, 0.2) is 24.7 Å². The van der Waals surface area contributed by atoms with Gasteiger partial charge in [-0.2, -0.15) is 0 Å². The highest BCUT2D eigenvalue weighted by molar-refractivity contribution is 8.00. The summed E-state index contributed by atoms with van der Waals surface area (Å²) in [5.41, 5.74) is -0.924. The largest absolute Gasteiger partial charge is 0.543 e. The molecule has 2 N–H and O–H groups in total. The van der Waals surface area contributed by atoms with Crippen LogP contribution in [-0.4, -0.2) is 75.1 Å². The molecule has 0 aromatic carbocycles. The molecule has 2 aromatic heterocycles. The summed E-state index contributed by atoms with van der Waals surface area (Å²) in [6.45, 7) is 4.66. The summed E-state index contributed by atoms with van der Waals surface area (Å²) in [7, 11) is 0. The van der Waals surface area contributed by atoms with E-state index in [1.54, 1.807) is 49.9 Å². The number of oxime groups is 1. The van der Waals surface area contributed by atoms with Crippen molar-refractivity contribution < 1.29 is 43.2 Å². The van der Waals surface area contributed by atoms with Gasteiger partial charge in [-0.1, -0.05) is 17.3 Å². The highest BCUT2D eigenvalue weighted by atomic mass is 32.2. The number of nitrogens with zero attached hydrogens (tertiary/aromatic N) is 4. The van der Waals surface area contributed by atoms with Crippen LogP contribution in [0.5, 0.6) is 0 Å². The number of esters is 1. The quantitative estimate of drug-likeness (QED) is 0.0824. The zero-order chi connectivity index (χ0) is 30.4. The Balaban J connectivity index is 1.53. The molecule has 2 atom stereocenters. The van der Waals surface area contributed by atoms with Crippen molar-refractivity contribution in [3.63, 3.8) is 0 Å². The van der Waals surface area contributed by atoms with E-state index in [1.807, 2.05) is 6.07 Å². The number of pyridine rings is 2. The molecular formula is C27H28N6O8S. The van der Waals surface area contributed by atoms with Gasteiger partial charge in [0.2, 0.25) is 13.0 Å². The number of anilines is 1. The molecular weight excluding hydrogens is 568 g/mol. The lowest BCUT2D eigenvalue weighted by atomic mass is 10.0. The van der Waals surface area contributed by atoms with Crippen molar-refractivity contribution in [2.75, 3.05) is 17.7 Å². The number of hydrogen-bond acceptors (Lipinski definition) is 11. The third-order valence-corrected chi connectivity index (χ3v) is 7.19. The normalized spacial score (nSPS) is 18.4. The van der Waals surface area contributed by atoms with Crippen LogP contribution in [0, 0.1) is 0 Å². The highest BCUT2D eigenvalue weighted by Gasteiger charge is 2.53. The molecule has 1 unspecified atom stereocenters. The molecule has 0 bridgehead atoms. The minimum absolute atomic E-state index is 0.0269. The first-order valence-electron chi connectivity index (χ1n) is 12.7. The first-order valence-corrected chi connectivity index (χ1v) is 13.8. The fourth-order valence-electron chi connectivity index (χ4n) is 4.20. The minimum atomic E-state index is -1.49. The van der Waals surface area contributed by atoms with E-state index in [-0.39, 0.29) is 29.5 Å². The van der Waals surface area contributed by atoms with Gasteiger partial charge in [0.1, 0.15) is 28.5 Å². The van der Waals surface area contributed by atoms with Crippen LogP contribution in [0.15, 0.2) is 65.2 Å². The molecule has 3 amide bonds. The second-order valence-corrected chi connectivity index (χ2v) is 11.2. The number of nitrogens with one attached hydrogen (secondary N) is 2. The molecule has 0 spiro atoms. The van der Waals surface area contributed by atoms with E-state index >= 15 is 0 Å². The van der Waals surface area contributed by atoms with Crippen molar-refractivity contribution >= 4 is 53.5 Å². The van der Waals surface area contributed by atoms with E-state index in [2.05, 4.69) is 20.8 Å². The van der Waals surface area contributed by atoms with Gasteiger partial charge >= 0.3 is 5.97 Å². The molecule has 4 rings (SSSR count). The summed E-state index contributed by atoms with van der Waals surface area (Å²) in [6.07, 6.45) is 3.95. The van der Waals surface area contributed by atoms with Crippen LogP contribution in [0.1, 0.15) is 26.5 Å². The number of rotatable bonds is 11. The molecule has 0 aliphatic carbocycles. The minimum Gasteiger partial charge on any atom is -0.543 e. The van der Waals surface area contributed by atoms with Gasteiger partial charge in [0, 0.05) is 23.5 Å². The molecule has 0 radical (unpaired) electrons. The second-order valence-electron chi connectivity index (χ2n) is 10.1. The first-order chi connectivity index (χ1) is 20.0. The Morgan fingerprint density at radius 3 is 2.62 bits per heavy atom. The number of fused-ring (bicyclic) bond motifs is 1. The summed E-state index contributed by atoms with van der Waals surface area (Å²) in [5, 5.41) is 20.1. The van der Waals surface area contributed by atoms with Crippen molar-refractivity contribution in [2.24, 2.45) is 5.16 Å². The van der Waals surface area contributed by atoms with Crippen molar-refractivity contribution in [1.29, 1.82) is 0 Å². The fraction of sp³-hybridized carbons (Fsp3) is 0.333. The fourth-order valence-corrected chi connectivity index (χ4v) is 5.53. The first kappa shape index (κ1) is 30.2. The molecule has 4 heterocycles. The zero-order valence-corrected chi connectivity index (χ0v) is 23.8. The van der Waals surface area contributed by atoms with Gasteiger partial charge in [0.05, 0.1) is 11.7 Å². The molecule has 14 nitrogen and oxygen atoms in total. The summed E-state index contributed by atoms with van der Waals surface area (Å²) in [6, 6.07) is 8.73. The van der Waals surface area contributed by atoms with Gasteiger partial charge in [-0.25, -0.2) is 14.3 Å². The van der Waals surface area contributed by atoms with Crippen molar-refractivity contribution in [2.45, 2.75) is 44.3 Å². The van der Waals surface area contributed by atoms with E-state index in [9.17, 15) is 29.1 Å². The average molecular weight is 597 g/mol. The number of carbonyl (C=O) groups excluding carboxylic acids is 5. The Morgan fingerprint density at radius 1 is 1.21 bits per heavy atom. The van der Waals surface area contributed by atoms with E-state index in [0.29, 0.717) is 12.0 Å². The molecule has 220 valence electrons. The third-order valence-electron chi connectivity index (χ3n) is 5.85. The smallest absolute Gasteiger partial charge is 0.347 e. The van der Waals surface area contributed by atoms with Crippen LogP contribution in [0.25, 0.3) is 0 Å². The Morgan fingerprint density at radius 2 is 1.95 bits per heavy atom. The maximum absolute atomic E-state index is 13.4. The molecule has 2 aromatic rings. The number of thioether (sulfide) groups is 1. The Hall–Kier alpha value is -4.79. The summed E-state index contributed by atoms with van der Waals surface area (Å²) in [5.74, 6) is -3.35. The number of β-lactam (4-membered cyclic amide) rings is 1. The van der Waals surface area contributed by atoms with E-state index in [0.717, 1.165) is 4.90 Å². The highest BCUT2D eigenvalue weighted by Crippen LogP contribution is 2.40. The number of carboxylic acid groups (broad SMARTS) is 1. The van der Waals surface area contributed by atoms with E-state index < -0.39 is 53.1 Å². The third kappa shape index (κ3) is 7.09. The molecule has 2 aliphatic heterocycles. The standard InChI is InChI=1S/C27H28N6O8S/c1-27(2,3)41-19(35)13-40-31-20(17-8-7-9-18(29-17)28-15-34)23(36)30-21-24(37)33-22(26(38)39)16(14-42-25(21)33)12-32-10-5-4-6-11-32/h4-11,15,21,25H,12-14H2,1-3H3,(H2-,28,29,30,34,36,38,39)/t21?,25-/m1/s1. The van der Waals surface area contributed by atoms with Gasteiger partial charge in [-0.3, -0.25) is 19.3 Å². The Labute approximate surface area is 244 Å². The van der Waals surface area contributed by atoms with Crippen LogP contribution >= 0.6 is 11.8 Å². The monoisotopic (exact) mass is 596 g/mol. The number of aromatic nitrogens is 2. The average Bonchev–Trinajstić information content (AvgIpc) is 2.93. The number of carboxylic acids is 1. The van der Waals surface area contributed by atoms with Gasteiger partial charge in [-0.15, -0.1) is 11.8 Å². The second kappa shape index (κ2) is 12.8. The summed E-state index contributed by atoms with van der Waals surface area (Å²) >= 11 is 1.29. The Kier molecular flexibility index (Phi) is 9.20. The molecule has 42 heavy (non-hydrogen) atoms. The lowest BCUT2D eigenvalue weighted by molar-refractivity contribution is -0.689. The predicted octanol–water partition coefficient (Wildman–Crippen LogP) is -0.896. The Bertz CT molecular complexity index is 1460. The van der Waals surface area contributed by atoms with Crippen molar-refractivity contribution in [3.05, 3.63) is 65.8 Å². The lowest BCUT2D eigenvalue weighted by Crippen LogP contribution is -2.71. The predicted molar refractivity (Wildman–Crippen MR) is 146 cm³/mol. The molecule has 1 saturated heterocycles. The number of carbonyl (C=O) groups is 5. The maximum Gasteiger partial charge on any atom is 0.347 e. The van der Waals surface area contributed by atoms with Crippen molar-refractivity contribution in [3.8, 4) is 0 Å². The number of ether oxygens (including phenoxy) is 1.